The lowest BCUT2D eigenvalue weighted by Gasteiger charge is -2.34. The van der Waals surface area contributed by atoms with E-state index >= 15 is 0 Å². The third kappa shape index (κ3) is 4.08. The third-order valence-corrected chi connectivity index (χ3v) is 2.67. The van der Waals surface area contributed by atoms with E-state index in [2.05, 4.69) is 5.32 Å². The number of nitrogens with one attached hydrogen (secondary N) is 1. The number of nitrogens with two attached hydrogens (primary N) is 1. The molecule has 1 fully saturated rings. The van der Waals surface area contributed by atoms with Crippen molar-refractivity contribution in [1.82, 2.24) is 5.32 Å². The minimum absolute atomic E-state index is 0.0774. The van der Waals surface area contributed by atoms with Crippen molar-refractivity contribution in [3.8, 4) is 0 Å². The molecule has 3 N–H and O–H groups in total. The Bertz CT molecular complexity index is 219. The molecule has 4 heteroatoms. The average Bonchev–Trinajstić information content (AvgIpc) is 1.95. The quantitative estimate of drug-likeness (QED) is 0.750. The molecule has 0 heterocycles. The summed E-state index contributed by atoms with van der Waals surface area (Å²) in [7, 11) is 0. The van der Waals surface area contributed by atoms with Crippen LogP contribution in [0.3, 0.4) is 0 Å². The van der Waals surface area contributed by atoms with E-state index in [1.807, 2.05) is 20.8 Å². The number of rotatable bonds is 3. The summed E-state index contributed by atoms with van der Waals surface area (Å²) in [5.41, 5.74) is 5.18. The van der Waals surface area contributed by atoms with Crippen LogP contribution in [0, 0.1) is 5.92 Å². The van der Waals surface area contributed by atoms with E-state index in [0.717, 1.165) is 12.8 Å². The first kappa shape index (κ1) is 12.3. The molecule has 0 aromatic heterocycles. The first-order chi connectivity index (χ1) is 6.92. The minimum Gasteiger partial charge on any atom is -0.444 e. The highest BCUT2D eigenvalue weighted by molar-refractivity contribution is 5.68. The topological polar surface area (TPSA) is 64.3 Å². The van der Waals surface area contributed by atoms with Crippen molar-refractivity contribution in [3.05, 3.63) is 0 Å². The highest BCUT2D eigenvalue weighted by atomic mass is 16.6. The fourth-order valence-electron chi connectivity index (χ4n) is 1.67. The zero-order valence-corrected chi connectivity index (χ0v) is 9.88. The van der Waals surface area contributed by atoms with Gasteiger partial charge in [0, 0.05) is 12.6 Å². The van der Waals surface area contributed by atoms with Gasteiger partial charge in [-0.1, -0.05) is 6.42 Å². The fraction of sp³-hybridized carbons (Fsp3) is 0.909. The van der Waals surface area contributed by atoms with Crippen molar-refractivity contribution >= 4 is 6.09 Å². The van der Waals surface area contributed by atoms with Crippen molar-refractivity contribution in [1.29, 1.82) is 0 Å². The summed E-state index contributed by atoms with van der Waals surface area (Å²) < 4.78 is 5.18. The smallest absolute Gasteiger partial charge is 0.407 e. The Morgan fingerprint density at radius 3 is 2.47 bits per heavy atom. The van der Waals surface area contributed by atoms with Gasteiger partial charge in [-0.2, -0.15) is 0 Å². The van der Waals surface area contributed by atoms with Gasteiger partial charge in [0.1, 0.15) is 5.60 Å². The SMILES string of the molecule is CC(C)(C)OC(=O)NC(CN)C1CCC1. The van der Waals surface area contributed by atoms with Gasteiger partial charge in [0.15, 0.2) is 0 Å². The summed E-state index contributed by atoms with van der Waals surface area (Å²) in [6.45, 7) is 6.05. The highest BCUT2D eigenvalue weighted by Gasteiger charge is 2.28. The standard InChI is InChI=1S/C11H22N2O2/c1-11(2,3)15-10(14)13-9(7-12)8-5-4-6-8/h8-9H,4-7,12H2,1-3H3,(H,13,14). The molecule has 1 atom stereocenters. The molecule has 0 spiro atoms. The Balaban J connectivity index is 2.34. The molecule has 88 valence electrons. The van der Waals surface area contributed by atoms with Gasteiger partial charge in [-0.25, -0.2) is 4.79 Å². The van der Waals surface area contributed by atoms with Crippen LogP contribution in [0.25, 0.3) is 0 Å². The Morgan fingerprint density at radius 2 is 2.13 bits per heavy atom. The lowest BCUT2D eigenvalue weighted by atomic mass is 9.80. The number of amides is 1. The normalized spacial score (nSPS) is 19.2. The van der Waals surface area contributed by atoms with E-state index in [0.29, 0.717) is 12.5 Å². The largest absolute Gasteiger partial charge is 0.444 e. The van der Waals surface area contributed by atoms with Crippen LogP contribution < -0.4 is 11.1 Å². The molecule has 1 rings (SSSR count). The third-order valence-electron chi connectivity index (χ3n) is 2.67. The summed E-state index contributed by atoms with van der Waals surface area (Å²) in [6.07, 6.45) is 3.22. The van der Waals surface area contributed by atoms with E-state index in [-0.39, 0.29) is 12.1 Å². The number of ether oxygens (including phenoxy) is 1. The van der Waals surface area contributed by atoms with Crippen LogP contribution in [0.4, 0.5) is 4.79 Å². The first-order valence-corrected chi connectivity index (χ1v) is 5.62. The summed E-state index contributed by atoms with van der Waals surface area (Å²) in [4.78, 5) is 11.5. The first-order valence-electron chi connectivity index (χ1n) is 5.62. The molecule has 0 radical (unpaired) electrons. The zero-order valence-electron chi connectivity index (χ0n) is 9.88. The van der Waals surface area contributed by atoms with Crippen LogP contribution in [0.15, 0.2) is 0 Å². The second-order valence-electron chi connectivity index (χ2n) is 5.18. The van der Waals surface area contributed by atoms with Gasteiger partial charge in [-0.15, -0.1) is 0 Å². The zero-order chi connectivity index (χ0) is 11.5. The molecule has 0 aromatic rings. The van der Waals surface area contributed by atoms with Gasteiger partial charge < -0.3 is 15.8 Å². The Morgan fingerprint density at radius 1 is 1.53 bits per heavy atom. The molecule has 1 saturated carbocycles. The predicted molar refractivity (Wildman–Crippen MR) is 59.6 cm³/mol. The molecular formula is C11H22N2O2. The van der Waals surface area contributed by atoms with Crippen LogP contribution >= 0.6 is 0 Å². The summed E-state index contributed by atoms with van der Waals surface area (Å²) in [6, 6.07) is 0.0774. The summed E-state index contributed by atoms with van der Waals surface area (Å²) in [5.74, 6) is 0.544. The summed E-state index contributed by atoms with van der Waals surface area (Å²) in [5, 5.41) is 2.84. The molecule has 0 saturated heterocycles. The van der Waals surface area contributed by atoms with E-state index in [4.69, 9.17) is 10.5 Å². The van der Waals surface area contributed by atoms with E-state index in [1.54, 1.807) is 0 Å². The van der Waals surface area contributed by atoms with Crippen molar-refractivity contribution in [2.75, 3.05) is 6.54 Å². The van der Waals surface area contributed by atoms with Gasteiger partial charge in [-0.05, 0) is 39.5 Å². The van der Waals surface area contributed by atoms with E-state index in [1.165, 1.54) is 6.42 Å². The summed E-state index contributed by atoms with van der Waals surface area (Å²) >= 11 is 0. The van der Waals surface area contributed by atoms with Crippen LogP contribution in [0.1, 0.15) is 40.0 Å². The molecule has 0 aromatic carbocycles. The monoisotopic (exact) mass is 214 g/mol. The van der Waals surface area contributed by atoms with Gasteiger partial charge in [0.2, 0.25) is 0 Å². The lowest BCUT2D eigenvalue weighted by Crippen LogP contribution is -2.48. The van der Waals surface area contributed by atoms with Crippen molar-refractivity contribution in [2.45, 2.75) is 51.7 Å². The second kappa shape index (κ2) is 4.84. The molecule has 15 heavy (non-hydrogen) atoms. The minimum atomic E-state index is -0.442. The van der Waals surface area contributed by atoms with Gasteiger partial charge >= 0.3 is 6.09 Å². The van der Waals surface area contributed by atoms with Crippen molar-refractivity contribution in [2.24, 2.45) is 11.7 Å². The van der Waals surface area contributed by atoms with Crippen LogP contribution in [-0.2, 0) is 4.74 Å². The Labute approximate surface area is 91.5 Å². The van der Waals surface area contributed by atoms with Crippen molar-refractivity contribution < 1.29 is 9.53 Å². The van der Waals surface area contributed by atoms with Crippen molar-refractivity contribution in [3.63, 3.8) is 0 Å². The molecule has 1 aliphatic carbocycles. The molecule has 1 amide bonds. The molecular weight excluding hydrogens is 192 g/mol. The highest BCUT2D eigenvalue weighted by Crippen LogP contribution is 2.29. The van der Waals surface area contributed by atoms with Crippen LogP contribution in [0.5, 0.6) is 0 Å². The molecule has 1 aliphatic rings. The molecule has 0 bridgehead atoms. The number of carbonyl (C=O) groups excluding carboxylic acids is 1. The van der Waals surface area contributed by atoms with E-state index in [9.17, 15) is 4.79 Å². The molecule has 1 unspecified atom stereocenters. The number of alkyl carbamates (subject to hydrolysis) is 1. The maximum atomic E-state index is 11.5. The maximum absolute atomic E-state index is 11.5. The second-order valence-corrected chi connectivity index (χ2v) is 5.18. The maximum Gasteiger partial charge on any atom is 0.407 e. The lowest BCUT2D eigenvalue weighted by molar-refractivity contribution is 0.0469. The fourth-order valence-corrected chi connectivity index (χ4v) is 1.67. The van der Waals surface area contributed by atoms with Crippen LogP contribution in [0.2, 0.25) is 0 Å². The number of carbonyl (C=O) groups is 1. The van der Waals surface area contributed by atoms with E-state index < -0.39 is 5.60 Å². The van der Waals surface area contributed by atoms with Gasteiger partial charge in [0.05, 0.1) is 0 Å². The number of hydrogen-bond acceptors (Lipinski definition) is 3. The molecule has 4 nitrogen and oxygen atoms in total. The average molecular weight is 214 g/mol. The van der Waals surface area contributed by atoms with Gasteiger partial charge in [-0.3, -0.25) is 0 Å². The Kier molecular flexibility index (Phi) is 3.97. The predicted octanol–water partition coefficient (Wildman–Crippen LogP) is 1.64. The van der Waals surface area contributed by atoms with Crippen LogP contribution in [-0.4, -0.2) is 24.3 Å². The number of hydrogen-bond donors (Lipinski definition) is 2. The van der Waals surface area contributed by atoms with Gasteiger partial charge in [0.25, 0.3) is 0 Å². The molecule has 0 aliphatic heterocycles. The Hall–Kier alpha value is -0.770.